The van der Waals surface area contributed by atoms with Gasteiger partial charge in [-0.1, -0.05) is 29.5 Å². The molecule has 0 radical (unpaired) electrons. The van der Waals surface area contributed by atoms with Gasteiger partial charge in [0.15, 0.2) is 0 Å². The molecule has 3 aromatic rings. The van der Waals surface area contributed by atoms with E-state index in [2.05, 4.69) is 57.0 Å². The Morgan fingerprint density at radius 1 is 1.21 bits per heavy atom. The van der Waals surface area contributed by atoms with Crippen molar-refractivity contribution in [1.29, 1.82) is 0 Å². The zero-order chi connectivity index (χ0) is 20.9. The van der Waals surface area contributed by atoms with Gasteiger partial charge >= 0.3 is 7.25 Å². The van der Waals surface area contributed by atoms with Crippen molar-refractivity contribution in [1.82, 2.24) is 24.9 Å². The lowest BCUT2D eigenvalue weighted by Gasteiger charge is -2.08. The smallest absolute Gasteiger partial charge is 0.418 e. The molecule has 156 valence electrons. The molecular weight excluding hydrogens is 387 g/mol. The number of nitrogens with one attached hydrogen (secondary N) is 1. The highest BCUT2D eigenvalue weighted by atomic mass is 19.5. The van der Waals surface area contributed by atoms with Gasteiger partial charge in [0.1, 0.15) is 24.6 Å². The molecule has 1 saturated heterocycles. The number of aryl methyl sites for hydroxylation is 1. The first-order valence-corrected chi connectivity index (χ1v) is 9.37. The van der Waals surface area contributed by atoms with Gasteiger partial charge in [-0.15, -0.1) is 5.10 Å². The normalized spacial score (nSPS) is 16.5. The molecule has 11 heteroatoms. The molecule has 6 nitrogen and oxygen atoms in total. The Bertz CT molecular complexity index is 894. The van der Waals surface area contributed by atoms with E-state index in [1.54, 1.807) is 0 Å². The van der Waals surface area contributed by atoms with Crippen molar-refractivity contribution in [2.24, 2.45) is 7.05 Å². The molecular formula is C18H23BF4N6. The van der Waals surface area contributed by atoms with Gasteiger partial charge in [0, 0.05) is 11.6 Å². The van der Waals surface area contributed by atoms with Gasteiger partial charge in [-0.3, -0.25) is 4.68 Å². The molecule has 1 atom stereocenters. The topological polar surface area (TPSA) is 51.5 Å². The van der Waals surface area contributed by atoms with Gasteiger partial charge in [0.2, 0.25) is 6.33 Å². The van der Waals surface area contributed by atoms with Gasteiger partial charge in [-0.25, -0.2) is 9.13 Å². The van der Waals surface area contributed by atoms with Crippen LogP contribution in [0.15, 0.2) is 49.2 Å². The molecule has 1 fully saturated rings. The minimum absolute atomic E-state index is 0.532. The Morgan fingerprint density at radius 3 is 2.52 bits per heavy atom. The van der Waals surface area contributed by atoms with Crippen LogP contribution in [0.1, 0.15) is 18.4 Å². The molecule has 0 amide bonds. The summed E-state index contributed by atoms with van der Waals surface area (Å²) in [5, 5.41) is 12.1. The Labute approximate surface area is 166 Å². The quantitative estimate of drug-likeness (QED) is 0.400. The second kappa shape index (κ2) is 9.21. The molecule has 0 spiro atoms. The summed E-state index contributed by atoms with van der Waals surface area (Å²) < 4.78 is 45.2. The summed E-state index contributed by atoms with van der Waals surface area (Å²) in [6.45, 7) is 2.89. The predicted octanol–water partition coefficient (Wildman–Crippen LogP) is 2.67. The number of halogens is 4. The Hall–Kier alpha value is -2.69. The highest BCUT2D eigenvalue weighted by molar-refractivity contribution is 6.50. The van der Waals surface area contributed by atoms with Crippen LogP contribution in [-0.4, -0.2) is 39.4 Å². The van der Waals surface area contributed by atoms with E-state index in [1.807, 2.05) is 28.7 Å². The summed E-state index contributed by atoms with van der Waals surface area (Å²) in [6.07, 6.45) is 10.7. The molecule has 2 aromatic heterocycles. The Morgan fingerprint density at radius 2 is 1.93 bits per heavy atom. The van der Waals surface area contributed by atoms with E-state index < -0.39 is 7.25 Å². The molecule has 0 unspecified atom stereocenters. The number of aromatic nitrogens is 5. The summed E-state index contributed by atoms with van der Waals surface area (Å²) in [5.74, 6) is 0. The minimum atomic E-state index is -6.00. The van der Waals surface area contributed by atoms with Crippen LogP contribution in [0, 0.1) is 0 Å². The maximum Gasteiger partial charge on any atom is 0.673 e. The predicted molar refractivity (Wildman–Crippen MR) is 101 cm³/mol. The highest BCUT2D eigenvalue weighted by Crippen LogP contribution is 2.18. The van der Waals surface area contributed by atoms with Crippen LogP contribution >= 0.6 is 0 Å². The number of imidazole rings is 1. The van der Waals surface area contributed by atoms with Crippen molar-refractivity contribution in [2.45, 2.75) is 32.0 Å². The van der Waals surface area contributed by atoms with Crippen molar-refractivity contribution in [3.05, 3.63) is 54.7 Å². The van der Waals surface area contributed by atoms with Crippen molar-refractivity contribution in [2.75, 3.05) is 6.54 Å². The third kappa shape index (κ3) is 7.01. The van der Waals surface area contributed by atoms with Crippen LogP contribution in [-0.2, 0) is 20.1 Å². The zero-order valence-electron chi connectivity index (χ0n) is 16.1. The van der Waals surface area contributed by atoms with Crippen LogP contribution in [0.4, 0.5) is 17.3 Å². The van der Waals surface area contributed by atoms with Crippen LogP contribution in [0.25, 0.3) is 11.3 Å². The summed E-state index contributed by atoms with van der Waals surface area (Å²) in [7, 11) is -3.97. The van der Waals surface area contributed by atoms with Gasteiger partial charge in [-0.05, 0) is 24.9 Å². The Kier molecular flexibility index (Phi) is 6.68. The molecule has 1 N–H and O–H groups in total. The van der Waals surface area contributed by atoms with Gasteiger partial charge < -0.3 is 22.6 Å². The fraction of sp³-hybridized carbons (Fsp3) is 0.389. The first kappa shape index (κ1) is 21.0. The molecule has 0 bridgehead atoms. The van der Waals surface area contributed by atoms with E-state index in [4.69, 9.17) is 0 Å². The number of nitrogens with zero attached hydrogens (tertiary/aromatic N) is 5. The van der Waals surface area contributed by atoms with E-state index in [0.717, 1.165) is 30.9 Å². The summed E-state index contributed by atoms with van der Waals surface area (Å²) in [4.78, 5) is 0. The standard InChI is InChI=1S/C18H23N6.BF4/c1-22-9-10-23(14-22)11-15-4-6-16(7-5-15)18-13-24(21-20-18)12-17-3-2-8-19-17;2-1(3,4)5/h4-7,9-10,13-14,17,19H,2-3,8,11-12H2,1H3;/q+1;-1/t17-;/m0./s1. The average Bonchev–Trinajstić information content (AvgIpc) is 3.38. The summed E-state index contributed by atoms with van der Waals surface area (Å²) >= 11 is 0. The molecule has 0 aliphatic carbocycles. The summed E-state index contributed by atoms with van der Waals surface area (Å²) in [6, 6.07) is 9.10. The molecule has 1 aliphatic rings. The van der Waals surface area contributed by atoms with E-state index in [9.17, 15) is 17.3 Å². The molecule has 4 rings (SSSR count). The van der Waals surface area contributed by atoms with Crippen molar-refractivity contribution < 1.29 is 21.8 Å². The van der Waals surface area contributed by atoms with Gasteiger partial charge in [0.25, 0.3) is 0 Å². The first-order chi connectivity index (χ1) is 13.8. The maximum atomic E-state index is 9.75. The second-order valence-corrected chi connectivity index (χ2v) is 7.06. The van der Waals surface area contributed by atoms with Crippen LogP contribution in [0.2, 0.25) is 0 Å². The largest absolute Gasteiger partial charge is 0.673 e. The van der Waals surface area contributed by atoms with Crippen molar-refractivity contribution >= 4 is 7.25 Å². The molecule has 1 aromatic carbocycles. The number of hydrogen-bond acceptors (Lipinski definition) is 3. The fourth-order valence-corrected chi connectivity index (χ4v) is 3.25. The zero-order valence-corrected chi connectivity index (χ0v) is 16.1. The molecule has 0 saturated carbocycles. The number of hydrogen-bond donors (Lipinski definition) is 1. The van der Waals surface area contributed by atoms with E-state index in [1.165, 1.54) is 18.4 Å². The lowest BCUT2D eigenvalue weighted by atomic mass is 10.1. The van der Waals surface area contributed by atoms with Crippen LogP contribution in [0.3, 0.4) is 0 Å². The molecule has 1 aliphatic heterocycles. The second-order valence-electron chi connectivity index (χ2n) is 7.06. The number of rotatable bonds is 5. The highest BCUT2D eigenvalue weighted by Gasteiger charge is 2.20. The lowest BCUT2D eigenvalue weighted by molar-refractivity contribution is -0.671. The third-order valence-corrected chi connectivity index (χ3v) is 4.55. The molecule has 3 heterocycles. The van der Waals surface area contributed by atoms with Gasteiger partial charge in [-0.2, -0.15) is 0 Å². The average molecular weight is 410 g/mol. The monoisotopic (exact) mass is 410 g/mol. The van der Waals surface area contributed by atoms with Crippen molar-refractivity contribution in [3.63, 3.8) is 0 Å². The van der Waals surface area contributed by atoms with Crippen LogP contribution in [0.5, 0.6) is 0 Å². The maximum absolute atomic E-state index is 9.75. The fourth-order valence-electron chi connectivity index (χ4n) is 3.25. The number of benzene rings is 1. The third-order valence-electron chi connectivity index (χ3n) is 4.55. The van der Waals surface area contributed by atoms with Crippen LogP contribution < -0.4 is 9.88 Å². The molecule has 29 heavy (non-hydrogen) atoms. The van der Waals surface area contributed by atoms with Gasteiger partial charge in [0.05, 0.1) is 19.8 Å². The van der Waals surface area contributed by atoms with E-state index >= 15 is 0 Å². The Balaban J connectivity index is 0.000000431. The SMILES string of the molecule is C[n+]1ccn(Cc2ccc(-c3cn(C[C@@H]4CCCN4)nn3)cc2)c1.F[B-](F)(F)F. The summed E-state index contributed by atoms with van der Waals surface area (Å²) in [5.41, 5.74) is 3.33. The minimum Gasteiger partial charge on any atom is -0.418 e. The van der Waals surface area contributed by atoms with E-state index in [-0.39, 0.29) is 0 Å². The van der Waals surface area contributed by atoms with E-state index in [0.29, 0.717) is 6.04 Å². The first-order valence-electron chi connectivity index (χ1n) is 9.37. The van der Waals surface area contributed by atoms with Crippen molar-refractivity contribution in [3.8, 4) is 11.3 Å². The lowest BCUT2D eigenvalue weighted by Crippen LogP contribution is -2.26.